The summed E-state index contributed by atoms with van der Waals surface area (Å²) in [5.74, 6) is 0. The zero-order chi connectivity index (χ0) is 10.1. The molecule has 1 aromatic carbocycles. The smallest absolute Gasteiger partial charge is 0.0512 e. The second-order valence-electron chi connectivity index (χ2n) is 3.61. The summed E-state index contributed by atoms with van der Waals surface area (Å²) in [5.41, 5.74) is 9.60. The van der Waals surface area contributed by atoms with E-state index in [2.05, 4.69) is 42.8 Å². The van der Waals surface area contributed by atoms with E-state index in [9.17, 15) is 0 Å². The zero-order valence-corrected chi connectivity index (χ0v) is 8.75. The molecule has 0 aliphatic rings. The number of hydrogen-bond acceptors (Lipinski definition) is 1. The molecular formula is C12H16N2. The van der Waals surface area contributed by atoms with Crippen LogP contribution >= 0.6 is 0 Å². The van der Waals surface area contributed by atoms with Crippen LogP contribution in [0.3, 0.4) is 0 Å². The summed E-state index contributed by atoms with van der Waals surface area (Å²) in [5, 5.41) is 1.30. The van der Waals surface area contributed by atoms with Crippen LogP contribution in [0.25, 0.3) is 10.9 Å². The first-order chi connectivity index (χ1) is 6.77. The summed E-state index contributed by atoms with van der Waals surface area (Å²) in [6.07, 6.45) is 1.07. The van der Waals surface area contributed by atoms with Crippen LogP contribution in [0.15, 0.2) is 24.3 Å². The molecule has 2 rings (SSSR count). The lowest BCUT2D eigenvalue weighted by Crippen LogP contribution is -2.03. The molecule has 0 bridgehead atoms. The van der Waals surface area contributed by atoms with E-state index in [-0.39, 0.29) is 0 Å². The van der Waals surface area contributed by atoms with Gasteiger partial charge in [0, 0.05) is 24.7 Å². The van der Waals surface area contributed by atoms with E-state index in [0.29, 0.717) is 6.54 Å². The van der Waals surface area contributed by atoms with E-state index in [1.54, 1.807) is 0 Å². The topological polar surface area (TPSA) is 30.9 Å². The Hall–Kier alpha value is -1.28. The molecule has 2 nitrogen and oxygen atoms in total. The van der Waals surface area contributed by atoms with Crippen molar-refractivity contribution in [2.45, 2.75) is 19.9 Å². The normalized spacial score (nSPS) is 11.1. The third-order valence-corrected chi connectivity index (χ3v) is 2.83. The average molecular weight is 188 g/mol. The van der Waals surface area contributed by atoms with Crippen LogP contribution in [-0.4, -0.2) is 4.57 Å². The van der Waals surface area contributed by atoms with Crippen molar-refractivity contribution in [2.75, 3.05) is 0 Å². The molecule has 0 atom stereocenters. The highest BCUT2D eigenvalue weighted by molar-refractivity contribution is 5.84. The minimum absolute atomic E-state index is 0.605. The van der Waals surface area contributed by atoms with Crippen LogP contribution in [0, 0.1) is 0 Å². The zero-order valence-electron chi connectivity index (χ0n) is 8.75. The second kappa shape index (κ2) is 3.46. The number of aromatic nitrogens is 1. The van der Waals surface area contributed by atoms with Gasteiger partial charge in [-0.25, -0.2) is 0 Å². The summed E-state index contributed by atoms with van der Waals surface area (Å²) in [6, 6.07) is 8.62. The van der Waals surface area contributed by atoms with Crippen molar-refractivity contribution >= 4 is 10.9 Å². The van der Waals surface area contributed by atoms with E-state index in [4.69, 9.17) is 5.73 Å². The molecule has 0 saturated carbocycles. The lowest BCUT2D eigenvalue weighted by atomic mass is 10.1. The van der Waals surface area contributed by atoms with Crippen molar-refractivity contribution in [3.63, 3.8) is 0 Å². The molecular weight excluding hydrogens is 172 g/mol. The van der Waals surface area contributed by atoms with E-state index in [1.165, 1.54) is 22.2 Å². The Labute approximate surface area is 84.3 Å². The van der Waals surface area contributed by atoms with Gasteiger partial charge in [0.2, 0.25) is 0 Å². The van der Waals surface area contributed by atoms with Gasteiger partial charge >= 0.3 is 0 Å². The molecule has 74 valence electrons. The first kappa shape index (κ1) is 9.28. The number of benzene rings is 1. The molecule has 0 aliphatic heterocycles. The second-order valence-corrected chi connectivity index (χ2v) is 3.61. The van der Waals surface area contributed by atoms with Crippen LogP contribution in [0.4, 0.5) is 0 Å². The van der Waals surface area contributed by atoms with Crippen LogP contribution in [0.5, 0.6) is 0 Å². The number of aryl methyl sites for hydroxylation is 2. The number of nitrogens with zero attached hydrogens (tertiary/aromatic N) is 1. The van der Waals surface area contributed by atoms with Gasteiger partial charge in [0.15, 0.2) is 0 Å². The van der Waals surface area contributed by atoms with Crippen molar-refractivity contribution in [1.29, 1.82) is 0 Å². The minimum Gasteiger partial charge on any atom is -0.346 e. The van der Waals surface area contributed by atoms with E-state index in [1.807, 2.05) is 0 Å². The van der Waals surface area contributed by atoms with E-state index < -0.39 is 0 Å². The molecule has 2 aromatic rings. The molecule has 0 amide bonds. The van der Waals surface area contributed by atoms with Gasteiger partial charge in [0.25, 0.3) is 0 Å². The lowest BCUT2D eigenvalue weighted by molar-refractivity contribution is 0.844. The van der Waals surface area contributed by atoms with Crippen LogP contribution in [0.1, 0.15) is 18.2 Å². The van der Waals surface area contributed by atoms with Gasteiger partial charge in [0.05, 0.1) is 5.52 Å². The lowest BCUT2D eigenvalue weighted by Gasteiger charge is -2.05. The highest BCUT2D eigenvalue weighted by atomic mass is 15.0. The third-order valence-electron chi connectivity index (χ3n) is 2.83. The summed E-state index contributed by atoms with van der Waals surface area (Å²) >= 11 is 0. The van der Waals surface area contributed by atoms with Gasteiger partial charge in [0.1, 0.15) is 0 Å². The van der Waals surface area contributed by atoms with Crippen molar-refractivity contribution in [2.24, 2.45) is 12.8 Å². The molecule has 1 heterocycles. The number of hydrogen-bond donors (Lipinski definition) is 1. The monoisotopic (exact) mass is 188 g/mol. The number of fused-ring (bicyclic) bond motifs is 1. The van der Waals surface area contributed by atoms with Crippen LogP contribution in [-0.2, 0) is 20.0 Å². The van der Waals surface area contributed by atoms with Crippen molar-refractivity contribution in [3.8, 4) is 0 Å². The molecule has 0 aliphatic carbocycles. The van der Waals surface area contributed by atoms with E-state index in [0.717, 1.165) is 6.42 Å². The Morgan fingerprint density at radius 3 is 2.79 bits per heavy atom. The number of nitrogens with two attached hydrogens (primary N) is 1. The summed E-state index contributed by atoms with van der Waals surface area (Å²) in [7, 11) is 2.09. The quantitative estimate of drug-likeness (QED) is 0.769. The van der Waals surface area contributed by atoms with Crippen molar-refractivity contribution in [1.82, 2.24) is 4.57 Å². The Bertz CT molecular complexity index is 455. The largest absolute Gasteiger partial charge is 0.346 e. The van der Waals surface area contributed by atoms with E-state index >= 15 is 0 Å². The van der Waals surface area contributed by atoms with Crippen molar-refractivity contribution in [3.05, 3.63) is 35.5 Å². The highest BCUT2D eigenvalue weighted by Crippen LogP contribution is 2.22. The molecule has 0 saturated heterocycles. The maximum absolute atomic E-state index is 5.69. The fourth-order valence-corrected chi connectivity index (χ4v) is 2.04. The highest BCUT2D eigenvalue weighted by Gasteiger charge is 2.06. The Kier molecular flexibility index (Phi) is 2.30. The molecule has 2 N–H and O–H groups in total. The van der Waals surface area contributed by atoms with Gasteiger partial charge in [-0.15, -0.1) is 0 Å². The Morgan fingerprint density at radius 1 is 1.36 bits per heavy atom. The van der Waals surface area contributed by atoms with Gasteiger partial charge in [-0.2, -0.15) is 0 Å². The van der Waals surface area contributed by atoms with Gasteiger partial charge in [-0.3, -0.25) is 0 Å². The first-order valence-electron chi connectivity index (χ1n) is 5.04. The number of para-hydroxylation sites is 1. The minimum atomic E-state index is 0.605. The molecule has 1 aromatic heterocycles. The Balaban J connectivity index is 2.79. The number of rotatable bonds is 2. The van der Waals surface area contributed by atoms with Crippen LogP contribution < -0.4 is 5.73 Å². The summed E-state index contributed by atoms with van der Waals surface area (Å²) in [6.45, 7) is 2.79. The maximum atomic E-state index is 5.69. The Morgan fingerprint density at radius 2 is 2.14 bits per heavy atom. The maximum Gasteiger partial charge on any atom is 0.0512 e. The molecule has 2 heteroatoms. The average Bonchev–Trinajstić information content (AvgIpc) is 2.55. The fourth-order valence-electron chi connectivity index (χ4n) is 2.04. The summed E-state index contributed by atoms with van der Waals surface area (Å²) < 4.78 is 2.20. The predicted octanol–water partition coefficient (Wildman–Crippen LogP) is 2.20. The first-order valence-corrected chi connectivity index (χ1v) is 5.04. The van der Waals surface area contributed by atoms with Crippen LogP contribution in [0.2, 0.25) is 0 Å². The molecule has 0 spiro atoms. The third kappa shape index (κ3) is 1.23. The van der Waals surface area contributed by atoms with Gasteiger partial charge < -0.3 is 10.3 Å². The van der Waals surface area contributed by atoms with Gasteiger partial charge in [-0.05, 0) is 18.1 Å². The molecule has 0 fully saturated rings. The molecule has 14 heavy (non-hydrogen) atoms. The summed E-state index contributed by atoms with van der Waals surface area (Å²) in [4.78, 5) is 0. The van der Waals surface area contributed by atoms with Crippen molar-refractivity contribution < 1.29 is 0 Å². The molecule has 0 unspecified atom stereocenters. The SMILES string of the molecule is CCc1cccc2cc(CN)n(C)c12. The van der Waals surface area contributed by atoms with Gasteiger partial charge in [-0.1, -0.05) is 25.1 Å². The molecule has 0 radical (unpaired) electrons. The fraction of sp³-hybridized carbons (Fsp3) is 0.333. The predicted molar refractivity (Wildman–Crippen MR) is 60.2 cm³/mol. The standard InChI is InChI=1S/C12H16N2/c1-3-9-5-4-6-10-7-11(8-13)14(2)12(9)10/h4-7H,3,8,13H2,1-2H3.